The largest absolute Gasteiger partial charge is 0.254 e. The van der Waals surface area contributed by atoms with Gasteiger partial charge in [-0.3, -0.25) is 4.98 Å². The molecule has 0 saturated carbocycles. The molecule has 0 unspecified atom stereocenters. The van der Waals surface area contributed by atoms with E-state index < -0.39 is 15.1 Å². The zero-order chi connectivity index (χ0) is 13.9. The van der Waals surface area contributed by atoms with Gasteiger partial charge in [-0.1, -0.05) is 29.8 Å². The molecule has 96 valence electrons. The summed E-state index contributed by atoms with van der Waals surface area (Å²) in [6, 6.07) is 9.42. The van der Waals surface area contributed by atoms with Gasteiger partial charge in [-0.15, -0.1) is 0 Å². The molecule has 0 bridgehead atoms. The molecule has 1 aromatic carbocycles. The fourth-order valence-electron chi connectivity index (χ4n) is 1.53. The van der Waals surface area contributed by atoms with E-state index in [9.17, 15) is 8.42 Å². The van der Waals surface area contributed by atoms with Gasteiger partial charge in [0.15, 0.2) is 10.4 Å². The summed E-state index contributed by atoms with van der Waals surface area (Å²) in [4.78, 5) is 7.63. The maximum absolute atomic E-state index is 12.4. The lowest BCUT2D eigenvalue weighted by molar-refractivity contribution is 0.590. The van der Waals surface area contributed by atoms with Crippen LogP contribution in [0.3, 0.4) is 0 Å². The van der Waals surface area contributed by atoms with Crippen LogP contribution in [0.2, 0.25) is 5.15 Å². The highest BCUT2D eigenvalue weighted by Gasteiger charge is 2.32. The SMILES string of the molecule is N#C[C@@H](c1nccnc1Cl)S(=O)(=O)c1ccccc1. The summed E-state index contributed by atoms with van der Waals surface area (Å²) in [5.41, 5.74) is -0.0597. The summed E-state index contributed by atoms with van der Waals surface area (Å²) in [6.07, 6.45) is 2.63. The van der Waals surface area contributed by atoms with Gasteiger partial charge in [0.2, 0.25) is 9.84 Å². The van der Waals surface area contributed by atoms with Crippen LogP contribution >= 0.6 is 11.6 Å². The molecule has 0 saturated heterocycles. The van der Waals surface area contributed by atoms with Crippen LogP contribution in [-0.4, -0.2) is 18.4 Å². The van der Waals surface area contributed by atoms with Crippen LogP contribution < -0.4 is 0 Å². The molecule has 5 nitrogen and oxygen atoms in total. The Morgan fingerprint density at radius 1 is 1.16 bits per heavy atom. The molecule has 1 atom stereocenters. The van der Waals surface area contributed by atoms with Crippen molar-refractivity contribution in [3.63, 3.8) is 0 Å². The second kappa shape index (κ2) is 5.34. The molecule has 1 aromatic heterocycles. The smallest absolute Gasteiger partial charge is 0.200 e. The van der Waals surface area contributed by atoms with E-state index in [1.165, 1.54) is 24.5 Å². The average molecular weight is 294 g/mol. The molecule has 0 spiro atoms. The normalized spacial score (nSPS) is 12.6. The Kier molecular flexibility index (Phi) is 3.79. The maximum atomic E-state index is 12.4. The molecule has 0 N–H and O–H groups in total. The van der Waals surface area contributed by atoms with Crippen molar-refractivity contribution in [3.8, 4) is 6.07 Å². The Balaban J connectivity index is 2.56. The number of nitrogens with zero attached hydrogens (tertiary/aromatic N) is 3. The molecule has 0 aliphatic carbocycles. The molecule has 2 rings (SSSR count). The summed E-state index contributed by atoms with van der Waals surface area (Å²) in [7, 11) is -3.87. The van der Waals surface area contributed by atoms with E-state index in [0.717, 1.165) is 0 Å². The topological polar surface area (TPSA) is 83.7 Å². The highest BCUT2D eigenvalue weighted by atomic mass is 35.5. The Morgan fingerprint density at radius 2 is 1.79 bits per heavy atom. The van der Waals surface area contributed by atoms with Gasteiger partial charge in [0, 0.05) is 12.4 Å². The Morgan fingerprint density at radius 3 is 2.37 bits per heavy atom. The first-order valence-electron chi connectivity index (χ1n) is 5.22. The Bertz CT molecular complexity index is 726. The standard InChI is InChI=1S/C12H8ClN3O2S/c13-12-11(15-6-7-16-12)10(8-14)19(17,18)9-4-2-1-3-5-9/h1-7,10H/t10-/m0/s1. The maximum Gasteiger partial charge on any atom is 0.200 e. The number of halogens is 1. The first kappa shape index (κ1) is 13.5. The molecular weight excluding hydrogens is 286 g/mol. The number of benzene rings is 1. The highest BCUT2D eigenvalue weighted by Crippen LogP contribution is 2.29. The van der Waals surface area contributed by atoms with Crippen molar-refractivity contribution in [2.75, 3.05) is 0 Å². The van der Waals surface area contributed by atoms with E-state index >= 15 is 0 Å². The summed E-state index contributed by atoms with van der Waals surface area (Å²) in [5, 5.41) is 7.58. The van der Waals surface area contributed by atoms with Gasteiger partial charge >= 0.3 is 0 Å². The Hall–Kier alpha value is -1.97. The zero-order valence-electron chi connectivity index (χ0n) is 9.56. The number of rotatable bonds is 3. The van der Waals surface area contributed by atoms with Crippen molar-refractivity contribution in [3.05, 3.63) is 53.6 Å². The highest BCUT2D eigenvalue weighted by molar-refractivity contribution is 7.92. The van der Waals surface area contributed by atoms with Crippen LogP contribution in [0.4, 0.5) is 0 Å². The van der Waals surface area contributed by atoms with Crippen LogP contribution in [0, 0.1) is 11.3 Å². The summed E-state index contributed by atoms with van der Waals surface area (Å²) < 4.78 is 24.7. The van der Waals surface area contributed by atoms with E-state index in [4.69, 9.17) is 16.9 Å². The van der Waals surface area contributed by atoms with Crippen LogP contribution in [0.5, 0.6) is 0 Å². The molecule has 0 radical (unpaired) electrons. The van der Waals surface area contributed by atoms with Crippen molar-refractivity contribution in [2.45, 2.75) is 10.1 Å². The predicted molar refractivity (Wildman–Crippen MR) is 69.0 cm³/mol. The van der Waals surface area contributed by atoms with E-state index in [-0.39, 0.29) is 15.7 Å². The zero-order valence-corrected chi connectivity index (χ0v) is 11.1. The van der Waals surface area contributed by atoms with Gasteiger partial charge in [-0.25, -0.2) is 13.4 Å². The summed E-state index contributed by atoms with van der Waals surface area (Å²) >= 11 is 5.80. The molecule has 1 heterocycles. The van der Waals surface area contributed by atoms with Gasteiger partial charge in [-0.2, -0.15) is 5.26 Å². The fourth-order valence-corrected chi connectivity index (χ4v) is 3.22. The number of sulfone groups is 1. The molecule has 0 aliphatic rings. The van der Waals surface area contributed by atoms with Gasteiger partial charge in [0.1, 0.15) is 5.69 Å². The molecule has 0 aliphatic heterocycles. The molecule has 0 amide bonds. The van der Waals surface area contributed by atoms with E-state index in [2.05, 4.69) is 9.97 Å². The lowest BCUT2D eigenvalue weighted by atomic mass is 10.3. The monoisotopic (exact) mass is 293 g/mol. The number of nitriles is 1. The van der Waals surface area contributed by atoms with Crippen LogP contribution in [0.1, 0.15) is 10.9 Å². The summed E-state index contributed by atoms with van der Waals surface area (Å²) in [5.74, 6) is 0. The first-order valence-corrected chi connectivity index (χ1v) is 7.15. The molecule has 2 aromatic rings. The minimum Gasteiger partial charge on any atom is -0.254 e. The molecule has 19 heavy (non-hydrogen) atoms. The third-order valence-electron chi connectivity index (χ3n) is 2.43. The van der Waals surface area contributed by atoms with Crippen molar-refractivity contribution in [1.29, 1.82) is 5.26 Å². The van der Waals surface area contributed by atoms with E-state index in [1.54, 1.807) is 24.3 Å². The van der Waals surface area contributed by atoms with Crippen molar-refractivity contribution in [1.82, 2.24) is 9.97 Å². The van der Waals surface area contributed by atoms with Gasteiger partial charge in [-0.05, 0) is 12.1 Å². The first-order chi connectivity index (χ1) is 9.07. The fraction of sp³-hybridized carbons (Fsp3) is 0.0833. The minimum atomic E-state index is -3.87. The quantitative estimate of drug-likeness (QED) is 0.866. The van der Waals surface area contributed by atoms with Crippen molar-refractivity contribution >= 4 is 21.4 Å². The van der Waals surface area contributed by atoms with E-state index in [0.29, 0.717) is 0 Å². The number of aromatic nitrogens is 2. The summed E-state index contributed by atoms with van der Waals surface area (Å²) in [6.45, 7) is 0. The van der Waals surface area contributed by atoms with Crippen LogP contribution in [-0.2, 0) is 9.84 Å². The second-order valence-corrected chi connectivity index (χ2v) is 5.99. The third kappa shape index (κ3) is 2.57. The van der Waals surface area contributed by atoms with Gasteiger partial charge in [0.25, 0.3) is 0 Å². The number of hydrogen-bond donors (Lipinski definition) is 0. The minimum absolute atomic E-state index is 0.0447. The average Bonchev–Trinajstić information content (AvgIpc) is 2.42. The Labute approximate surface area is 115 Å². The molecule has 7 heteroatoms. The van der Waals surface area contributed by atoms with Crippen molar-refractivity contribution < 1.29 is 8.42 Å². The van der Waals surface area contributed by atoms with Crippen molar-refractivity contribution in [2.24, 2.45) is 0 Å². The lowest BCUT2D eigenvalue weighted by Crippen LogP contribution is -2.14. The molecular formula is C12H8ClN3O2S. The van der Waals surface area contributed by atoms with Gasteiger partial charge < -0.3 is 0 Å². The predicted octanol–water partition coefficient (Wildman–Crippen LogP) is 2.17. The second-order valence-electron chi connectivity index (χ2n) is 3.60. The van der Waals surface area contributed by atoms with Crippen LogP contribution in [0.15, 0.2) is 47.6 Å². The van der Waals surface area contributed by atoms with Crippen LogP contribution in [0.25, 0.3) is 0 Å². The van der Waals surface area contributed by atoms with Gasteiger partial charge in [0.05, 0.1) is 11.0 Å². The lowest BCUT2D eigenvalue weighted by Gasteiger charge is -2.10. The van der Waals surface area contributed by atoms with E-state index in [1.807, 2.05) is 0 Å². The third-order valence-corrected chi connectivity index (χ3v) is 4.60. The molecule has 0 fully saturated rings. The number of hydrogen-bond acceptors (Lipinski definition) is 5.